The van der Waals surface area contributed by atoms with Crippen molar-refractivity contribution in [2.24, 2.45) is 5.92 Å². The molecule has 1 aromatic carbocycles. The molecule has 1 aliphatic carbocycles. The van der Waals surface area contributed by atoms with E-state index < -0.39 is 0 Å². The van der Waals surface area contributed by atoms with Crippen molar-refractivity contribution in [2.75, 3.05) is 19.6 Å². The van der Waals surface area contributed by atoms with Crippen molar-refractivity contribution in [3.8, 4) is 0 Å². The van der Waals surface area contributed by atoms with E-state index in [2.05, 4.69) is 53.6 Å². The lowest BCUT2D eigenvalue weighted by atomic mass is 9.86. The Labute approximate surface area is 159 Å². The summed E-state index contributed by atoms with van der Waals surface area (Å²) in [7, 11) is 0. The van der Waals surface area contributed by atoms with E-state index >= 15 is 0 Å². The van der Waals surface area contributed by atoms with Gasteiger partial charge in [-0.05, 0) is 38.7 Å². The predicted molar refractivity (Wildman–Crippen MR) is 108 cm³/mol. The molecule has 1 aromatic rings. The lowest BCUT2D eigenvalue weighted by Crippen LogP contribution is -2.54. The van der Waals surface area contributed by atoms with Crippen LogP contribution in [0, 0.1) is 5.92 Å². The third kappa shape index (κ3) is 4.56. The predicted octanol–water partition coefficient (Wildman–Crippen LogP) is 4.64. The number of carbonyl (C=O) groups excluding carboxylic acids is 1. The number of rotatable bonds is 6. The molecule has 0 spiro atoms. The van der Waals surface area contributed by atoms with Crippen molar-refractivity contribution < 1.29 is 4.79 Å². The number of hydrogen-bond acceptors (Lipinski definition) is 2. The molecule has 3 nitrogen and oxygen atoms in total. The van der Waals surface area contributed by atoms with Crippen LogP contribution in [0.5, 0.6) is 0 Å². The van der Waals surface area contributed by atoms with Gasteiger partial charge in [0.05, 0.1) is 5.54 Å². The van der Waals surface area contributed by atoms with Crippen molar-refractivity contribution >= 4 is 5.91 Å². The maximum Gasteiger partial charge on any atom is 0.226 e. The van der Waals surface area contributed by atoms with Crippen LogP contribution in [0.25, 0.3) is 0 Å². The Kier molecular flexibility index (Phi) is 6.18. The third-order valence-corrected chi connectivity index (χ3v) is 6.08. The topological polar surface area (TPSA) is 23.6 Å². The molecule has 0 bridgehead atoms. The highest BCUT2D eigenvalue weighted by molar-refractivity contribution is 5.80. The fourth-order valence-corrected chi connectivity index (χ4v) is 4.61. The Balaban J connectivity index is 1.71. The van der Waals surface area contributed by atoms with Crippen LogP contribution >= 0.6 is 0 Å². The largest absolute Gasteiger partial charge is 0.332 e. The highest BCUT2D eigenvalue weighted by Crippen LogP contribution is 2.33. The maximum absolute atomic E-state index is 13.4. The van der Waals surface area contributed by atoms with E-state index in [9.17, 15) is 4.79 Å². The second-order valence-electron chi connectivity index (χ2n) is 8.66. The van der Waals surface area contributed by atoms with Gasteiger partial charge in [-0.25, -0.2) is 0 Å². The minimum absolute atomic E-state index is 0.0811. The summed E-state index contributed by atoms with van der Waals surface area (Å²) in [6.45, 7) is 12.1. The van der Waals surface area contributed by atoms with Crippen LogP contribution in [0.15, 0.2) is 42.5 Å². The molecule has 3 heteroatoms. The first kappa shape index (κ1) is 19.2. The van der Waals surface area contributed by atoms with E-state index in [0.29, 0.717) is 12.5 Å². The van der Waals surface area contributed by atoms with Gasteiger partial charge in [-0.1, -0.05) is 61.7 Å². The summed E-state index contributed by atoms with van der Waals surface area (Å²) < 4.78 is 0. The zero-order chi connectivity index (χ0) is 18.6. The van der Waals surface area contributed by atoms with E-state index in [4.69, 9.17) is 0 Å². The van der Waals surface area contributed by atoms with E-state index in [1.165, 1.54) is 24.8 Å². The van der Waals surface area contributed by atoms with Crippen LogP contribution in [0.3, 0.4) is 0 Å². The quantitative estimate of drug-likeness (QED) is 0.695. The first-order valence-corrected chi connectivity index (χ1v) is 10.2. The van der Waals surface area contributed by atoms with E-state index in [0.717, 1.165) is 44.5 Å². The molecule has 26 heavy (non-hydrogen) atoms. The number of likely N-dealkylation sites (tertiary alicyclic amines) is 1. The van der Waals surface area contributed by atoms with Crippen LogP contribution in [-0.2, 0) is 11.3 Å². The highest BCUT2D eigenvalue weighted by atomic mass is 16.2. The number of carbonyl (C=O) groups is 1. The van der Waals surface area contributed by atoms with Crippen LogP contribution in [-0.4, -0.2) is 40.9 Å². The molecule has 2 aliphatic rings. The van der Waals surface area contributed by atoms with Gasteiger partial charge in [-0.15, -0.1) is 0 Å². The minimum Gasteiger partial charge on any atom is -0.332 e. The Morgan fingerprint density at radius 2 is 1.92 bits per heavy atom. The van der Waals surface area contributed by atoms with E-state index in [1.54, 1.807) is 0 Å². The van der Waals surface area contributed by atoms with Gasteiger partial charge < -0.3 is 4.90 Å². The Morgan fingerprint density at radius 3 is 2.58 bits per heavy atom. The molecule has 142 valence electrons. The second-order valence-corrected chi connectivity index (χ2v) is 8.66. The molecule has 1 atom stereocenters. The van der Waals surface area contributed by atoms with Crippen LogP contribution < -0.4 is 0 Å². The summed E-state index contributed by atoms with van der Waals surface area (Å²) >= 11 is 0. The molecule has 1 unspecified atom stereocenters. The summed E-state index contributed by atoms with van der Waals surface area (Å²) in [5, 5.41) is 0. The number of hydrogen-bond donors (Lipinski definition) is 0. The van der Waals surface area contributed by atoms with Gasteiger partial charge in [0.2, 0.25) is 5.91 Å². The molecule has 1 aliphatic heterocycles. The first-order chi connectivity index (χ1) is 12.5. The number of amides is 1. The minimum atomic E-state index is -0.0811. The van der Waals surface area contributed by atoms with Gasteiger partial charge in [0.1, 0.15) is 0 Å². The summed E-state index contributed by atoms with van der Waals surface area (Å²) in [4.78, 5) is 18.0. The molecule has 0 aromatic heterocycles. The van der Waals surface area contributed by atoms with E-state index in [1.807, 2.05) is 6.92 Å². The number of benzene rings is 1. The van der Waals surface area contributed by atoms with Gasteiger partial charge in [0.15, 0.2) is 0 Å². The van der Waals surface area contributed by atoms with Crippen LogP contribution in [0.4, 0.5) is 0 Å². The average molecular weight is 355 g/mol. The molecular weight excluding hydrogens is 320 g/mol. The standard InChI is InChI=1S/C23H34N2O/c1-19(2)16-25(22(26)21-12-8-5-9-13-21)23(3)14-15-24(18-23)17-20-10-6-4-7-11-20/h4,6-7,10-11,21H,1,5,8-9,12-18H2,2-3H3. The Hall–Kier alpha value is -1.61. The zero-order valence-corrected chi connectivity index (χ0v) is 16.5. The summed E-state index contributed by atoms with van der Waals surface area (Å²) in [6, 6.07) is 10.6. The van der Waals surface area contributed by atoms with Crippen LogP contribution in [0.1, 0.15) is 57.9 Å². The van der Waals surface area contributed by atoms with Gasteiger partial charge in [0.25, 0.3) is 0 Å². The highest BCUT2D eigenvalue weighted by Gasteiger charge is 2.42. The Morgan fingerprint density at radius 1 is 1.23 bits per heavy atom. The van der Waals surface area contributed by atoms with Crippen molar-refractivity contribution in [3.63, 3.8) is 0 Å². The fraction of sp³-hybridized carbons (Fsp3) is 0.609. The molecule has 1 amide bonds. The van der Waals surface area contributed by atoms with Gasteiger partial charge in [0, 0.05) is 32.1 Å². The molecule has 0 N–H and O–H groups in total. The maximum atomic E-state index is 13.4. The zero-order valence-electron chi connectivity index (χ0n) is 16.5. The normalized spacial score (nSPS) is 24.5. The monoisotopic (exact) mass is 354 g/mol. The smallest absolute Gasteiger partial charge is 0.226 e. The molecular formula is C23H34N2O. The molecule has 3 rings (SSSR count). The third-order valence-electron chi connectivity index (χ3n) is 6.08. The molecule has 1 saturated heterocycles. The van der Waals surface area contributed by atoms with Crippen molar-refractivity contribution in [1.82, 2.24) is 9.80 Å². The molecule has 1 heterocycles. The van der Waals surface area contributed by atoms with Crippen molar-refractivity contribution in [3.05, 3.63) is 48.0 Å². The second kappa shape index (κ2) is 8.39. The lowest BCUT2D eigenvalue weighted by Gasteiger charge is -2.41. The molecule has 0 radical (unpaired) electrons. The first-order valence-electron chi connectivity index (χ1n) is 10.2. The average Bonchev–Trinajstić information content (AvgIpc) is 3.02. The SMILES string of the molecule is C=C(C)CN(C(=O)C1CCCCC1)C1(C)CCN(Cc2ccccc2)C1. The summed E-state index contributed by atoms with van der Waals surface area (Å²) in [5.74, 6) is 0.597. The van der Waals surface area contributed by atoms with Crippen molar-refractivity contribution in [1.29, 1.82) is 0 Å². The lowest BCUT2D eigenvalue weighted by molar-refractivity contribution is -0.141. The van der Waals surface area contributed by atoms with Crippen LogP contribution in [0.2, 0.25) is 0 Å². The molecule has 2 fully saturated rings. The fourth-order valence-electron chi connectivity index (χ4n) is 4.61. The van der Waals surface area contributed by atoms with Crippen molar-refractivity contribution in [2.45, 2.75) is 64.5 Å². The number of nitrogens with zero attached hydrogens (tertiary/aromatic N) is 2. The van der Waals surface area contributed by atoms with Gasteiger partial charge >= 0.3 is 0 Å². The van der Waals surface area contributed by atoms with Gasteiger partial charge in [-0.3, -0.25) is 9.69 Å². The summed E-state index contributed by atoms with van der Waals surface area (Å²) in [6.07, 6.45) is 6.87. The Bertz CT molecular complexity index is 620. The summed E-state index contributed by atoms with van der Waals surface area (Å²) in [5.41, 5.74) is 2.35. The molecule has 1 saturated carbocycles. The van der Waals surface area contributed by atoms with Gasteiger partial charge in [-0.2, -0.15) is 0 Å². The van der Waals surface area contributed by atoms with E-state index in [-0.39, 0.29) is 11.5 Å².